The molecular formula is C42H60Ar2F2N2O2W2Y2-2. The summed E-state index contributed by atoms with van der Waals surface area (Å²) in [7, 11) is 0. The van der Waals surface area contributed by atoms with Crippen molar-refractivity contribution in [1.82, 2.24) is 9.97 Å². The first kappa shape index (κ1) is 68.7. The smallest absolute Gasteiger partial charge is 0.661 e. The van der Waals surface area contributed by atoms with Crippen molar-refractivity contribution in [3.63, 3.8) is 0 Å². The summed E-state index contributed by atoms with van der Waals surface area (Å²) < 4.78 is 28.8. The Morgan fingerprint density at radius 3 is 1.44 bits per heavy atom. The van der Waals surface area contributed by atoms with Gasteiger partial charge in [0, 0.05) is 153 Å². The van der Waals surface area contributed by atoms with E-state index in [2.05, 4.69) is 44.0 Å². The predicted molar refractivity (Wildman–Crippen MR) is 201 cm³/mol. The average molecular weight is 1290 g/mol. The van der Waals surface area contributed by atoms with E-state index in [1.54, 1.807) is 18.2 Å². The number of nitrogens with zero attached hydrogens (tertiary/aromatic N) is 2. The van der Waals surface area contributed by atoms with Gasteiger partial charge in [0.2, 0.25) is 0 Å². The fourth-order valence-electron chi connectivity index (χ4n) is 7.03. The average Bonchev–Trinajstić information content (AvgIpc) is 3.60. The monoisotopic (exact) mass is 1290 g/mol. The molecule has 4 nitrogen and oxygen atoms in total. The van der Waals surface area contributed by atoms with Crippen molar-refractivity contribution in [2.24, 2.45) is 0 Å². The molecule has 4 atom stereocenters. The molecule has 0 bridgehead atoms. The second-order valence-electron chi connectivity index (χ2n) is 12.0. The zero-order valence-corrected chi connectivity index (χ0v) is 46.3. The van der Waals surface area contributed by atoms with E-state index in [-0.39, 0.29) is 215 Å². The number of hydrogen-bond acceptors (Lipinski definition) is 1. The third-order valence-corrected chi connectivity index (χ3v) is 9.04. The molecule has 0 spiro atoms. The number of aromatic carboxylic acids is 1. The molecule has 0 aliphatic heterocycles. The van der Waals surface area contributed by atoms with Crippen LogP contribution < -0.4 is 9.97 Å². The predicted octanol–water partition coefficient (Wildman–Crippen LogP) is 12.1. The summed E-state index contributed by atoms with van der Waals surface area (Å²) in [5.41, 5.74) is 7.26. The van der Waals surface area contributed by atoms with E-state index in [4.69, 9.17) is 10.1 Å². The Bertz CT molecular complexity index is 1560. The summed E-state index contributed by atoms with van der Waals surface area (Å²) in [6.45, 7) is 17.9. The van der Waals surface area contributed by atoms with Gasteiger partial charge in [-0.25, -0.2) is 13.6 Å². The fraction of sp³-hybridized carbons (Fsp3) is 0.500. The number of carboxylic acids is 1. The van der Waals surface area contributed by atoms with Crippen LogP contribution >= 0.6 is 0 Å². The van der Waals surface area contributed by atoms with Crippen molar-refractivity contribution in [2.45, 2.75) is 136 Å². The molecule has 2 aliphatic rings. The van der Waals surface area contributed by atoms with Crippen molar-refractivity contribution < 1.29 is 202 Å². The van der Waals surface area contributed by atoms with Crippen LogP contribution in [0.2, 0.25) is 0 Å². The summed E-state index contributed by atoms with van der Waals surface area (Å²) in [6.07, 6.45) is 8.78. The van der Waals surface area contributed by atoms with Crippen molar-refractivity contribution in [1.29, 1.82) is 0 Å². The van der Waals surface area contributed by atoms with Gasteiger partial charge in [0.25, 0.3) is 0 Å². The number of alkyl halides is 2. The topological polar surface area (TPSA) is 65.5 Å². The van der Waals surface area contributed by atoms with Gasteiger partial charge in [0.05, 0.1) is 5.56 Å². The third-order valence-electron chi connectivity index (χ3n) is 9.04. The number of aromatic nitrogens is 2. The van der Waals surface area contributed by atoms with Crippen LogP contribution in [0.25, 0.3) is 21.8 Å². The van der Waals surface area contributed by atoms with E-state index >= 15 is 0 Å². The Labute approximate surface area is 466 Å². The summed E-state index contributed by atoms with van der Waals surface area (Å²) >= 11 is 0. The second-order valence-corrected chi connectivity index (χ2v) is 12.0. The molecule has 1 N–H and O–H groups in total. The van der Waals surface area contributed by atoms with Crippen molar-refractivity contribution in [3.8, 4) is 0 Å². The number of aryl methyl sites for hydroxylation is 3. The van der Waals surface area contributed by atoms with Gasteiger partial charge in [-0.15, -0.1) is 11.0 Å². The number of carboxylic acid groups (broad SMARTS) is 1. The first-order valence-electron chi connectivity index (χ1n) is 17.6. The van der Waals surface area contributed by atoms with Crippen LogP contribution in [-0.2, 0) is 120 Å². The molecule has 54 heavy (non-hydrogen) atoms. The number of hydrogen-bond donors (Lipinski definition) is 1. The number of benzene rings is 2. The fourth-order valence-corrected chi connectivity index (χ4v) is 7.03. The summed E-state index contributed by atoms with van der Waals surface area (Å²) in [5.74, 6) is -1.04. The Morgan fingerprint density at radius 2 is 1.07 bits per heavy atom. The standard InChI is InChI=1S/C18H20FNO2.C18H22FN.2C2H6.2CH3.2Ar.2W.2Y/c1-2-5-15-17(12-6-3-4-7-14(12)19)13-9-8-11(18(21)22)10-16(13)20-15;1-3-6-16-18(13-7-4-5-8-15(13)19)14-10-9-12(2)11-17(14)20-16;2*1-2;;;;;;;;/h8-10,12,14H,1-7H2,(H,21,22);9-11,13,15H,1,3-8H2,2H3;2*1-2H3;2*1H3;;;;;;/q2*-2;;;2*-1;;;2*+2;;. The molecule has 12 heteroatoms. The third kappa shape index (κ3) is 18.5. The van der Waals surface area contributed by atoms with Crippen LogP contribution in [-0.4, -0.2) is 23.4 Å². The molecule has 300 valence electrons. The first-order chi connectivity index (χ1) is 22.3. The van der Waals surface area contributed by atoms with Gasteiger partial charge in [-0.05, 0) is 49.4 Å². The zero-order chi connectivity index (χ0) is 33.8. The summed E-state index contributed by atoms with van der Waals surface area (Å²) in [4.78, 5) is 20.5. The summed E-state index contributed by atoms with van der Waals surface area (Å²) in [6, 6.07) is 11.3. The first-order valence-corrected chi connectivity index (χ1v) is 17.6. The quantitative estimate of drug-likeness (QED) is 0.187. The van der Waals surface area contributed by atoms with Crippen LogP contribution in [0.4, 0.5) is 8.78 Å². The number of fused-ring (bicyclic) bond motifs is 2. The number of carbonyl (C=O) groups is 1. The minimum absolute atomic E-state index is 0. The van der Waals surface area contributed by atoms with E-state index in [0.717, 1.165) is 84.6 Å². The Balaban J connectivity index is -0.000000172. The van der Waals surface area contributed by atoms with Crippen molar-refractivity contribution in [3.05, 3.63) is 98.7 Å². The van der Waals surface area contributed by atoms with Crippen molar-refractivity contribution in [2.75, 3.05) is 0 Å². The van der Waals surface area contributed by atoms with Gasteiger partial charge in [0.15, 0.2) is 0 Å². The second kappa shape index (κ2) is 36.6. The maximum Gasteiger partial charge on any atom is 2.00 e. The maximum absolute atomic E-state index is 14.4. The van der Waals surface area contributed by atoms with E-state index in [0.29, 0.717) is 31.2 Å². The maximum atomic E-state index is 14.4. The van der Waals surface area contributed by atoms with Gasteiger partial charge in [-0.3, -0.25) is 0 Å². The molecule has 4 aromatic rings. The van der Waals surface area contributed by atoms with Crippen LogP contribution in [0, 0.1) is 111 Å². The minimum Gasteiger partial charge on any atom is -0.661 e. The normalized spacial score (nSPS) is 17.9. The van der Waals surface area contributed by atoms with Crippen LogP contribution in [0.3, 0.4) is 0 Å². The van der Waals surface area contributed by atoms with E-state index in [1.165, 1.54) is 11.1 Å². The Hall–Kier alpha value is 2.95. The molecule has 2 aromatic heterocycles. The molecule has 2 heterocycles. The molecule has 6 rings (SSSR count). The largest absolute Gasteiger partial charge is 2.00 e. The molecule has 0 saturated heterocycles. The van der Waals surface area contributed by atoms with Gasteiger partial charge in [-0.2, -0.15) is 24.2 Å². The zero-order valence-electron chi connectivity index (χ0n) is 33.4. The van der Waals surface area contributed by atoms with Crippen LogP contribution in [0.5, 0.6) is 0 Å². The molecule has 2 fully saturated rings. The SMILES string of the molecule is CC.CC.[Ar].[Ar].[CH2-]CCc1[n-]c2cc(C(=O)O)ccc2c1C1CCCCC1F.[CH2-]CCc1[n-]c2cc(C)ccc2c1C1CCCCC1F.[CH3-].[CH3-].[W+2].[W+2].[Y].[Y]. The number of halogens is 2. The minimum atomic E-state index is -0.966. The van der Waals surface area contributed by atoms with Crippen LogP contribution in [0.1, 0.15) is 142 Å². The Kier molecular flexibility index (Phi) is 46.5. The van der Waals surface area contributed by atoms with Crippen LogP contribution in [0.15, 0.2) is 36.4 Å². The molecular weight excluding hydrogens is 1230 g/mol. The van der Waals surface area contributed by atoms with Gasteiger partial charge in [-0.1, -0.05) is 113 Å². The molecule has 2 aromatic carbocycles. The van der Waals surface area contributed by atoms with Crippen molar-refractivity contribution >= 4 is 27.8 Å². The summed E-state index contributed by atoms with van der Waals surface area (Å²) in [5, 5.41) is 11.2. The van der Waals surface area contributed by atoms with E-state index < -0.39 is 18.3 Å². The van der Waals surface area contributed by atoms with Gasteiger partial charge >= 0.3 is 48.1 Å². The van der Waals surface area contributed by atoms with Gasteiger partial charge < -0.3 is 43.8 Å². The molecule has 4 unspecified atom stereocenters. The molecule has 2 radical (unpaired) electrons. The van der Waals surface area contributed by atoms with E-state index in [9.17, 15) is 13.6 Å². The Morgan fingerprint density at radius 1 is 0.704 bits per heavy atom. The van der Waals surface area contributed by atoms with E-state index in [1.807, 2.05) is 27.7 Å². The molecule has 0 amide bonds. The number of rotatable bonds is 7. The van der Waals surface area contributed by atoms with Gasteiger partial charge in [0.1, 0.15) is 12.3 Å². The molecule has 2 saturated carbocycles. The molecule has 2 aliphatic carbocycles.